The topological polar surface area (TPSA) is 56.0 Å². The summed E-state index contributed by atoms with van der Waals surface area (Å²) < 4.78 is 71.0. The summed E-state index contributed by atoms with van der Waals surface area (Å²) in [5, 5.41) is 8.38. The van der Waals surface area contributed by atoms with E-state index in [2.05, 4.69) is 10.2 Å². The zero-order valence-electron chi connectivity index (χ0n) is 17.8. The summed E-state index contributed by atoms with van der Waals surface area (Å²) in [6.07, 6.45) is 0.670. The first-order valence-electron chi connectivity index (χ1n) is 10.5. The van der Waals surface area contributed by atoms with Gasteiger partial charge in [-0.15, -0.1) is 0 Å². The summed E-state index contributed by atoms with van der Waals surface area (Å²) in [6.45, 7) is 0. The molecule has 33 heavy (non-hydrogen) atoms. The van der Waals surface area contributed by atoms with Crippen molar-refractivity contribution in [3.05, 3.63) is 58.3 Å². The van der Waals surface area contributed by atoms with Crippen LogP contribution in [0.25, 0.3) is 11.3 Å². The molecule has 2 bridgehead atoms. The number of halogens is 5. The average Bonchev–Trinajstić information content (AvgIpc) is 3.30. The fourth-order valence-corrected chi connectivity index (χ4v) is 5.21. The van der Waals surface area contributed by atoms with Gasteiger partial charge in [-0.05, 0) is 37.8 Å². The molecule has 2 aromatic heterocycles. The van der Waals surface area contributed by atoms with Crippen molar-refractivity contribution < 1.29 is 26.7 Å². The van der Waals surface area contributed by atoms with Crippen molar-refractivity contribution in [1.29, 1.82) is 0 Å². The third kappa shape index (κ3) is 3.24. The Kier molecular flexibility index (Phi) is 5.02. The highest BCUT2D eigenvalue weighted by Gasteiger charge is 2.44. The van der Waals surface area contributed by atoms with Crippen molar-refractivity contribution in [2.24, 2.45) is 14.1 Å². The first-order valence-corrected chi connectivity index (χ1v) is 10.5. The fraction of sp³-hybridized carbons (Fsp3) is 0.409. The number of aromatic nitrogens is 4. The van der Waals surface area contributed by atoms with E-state index in [1.54, 1.807) is 11.9 Å². The van der Waals surface area contributed by atoms with E-state index in [1.807, 2.05) is 0 Å². The number of rotatable bonds is 3. The molecule has 1 saturated heterocycles. The highest BCUT2D eigenvalue weighted by Crippen LogP contribution is 2.45. The lowest BCUT2D eigenvalue weighted by atomic mass is 9.81. The number of benzene rings is 1. The van der Waals surface area contributed by atoms with Crippen LogP contribution < -0.4 is 0 Å². The lowest BCUT2D eigenvalue weighted by molar-refractivity contribution is 0.0382. The molecule has 0 aliphatic carbocycles. The first-order chi connectivity index (χ1) is 15.7. The van der Waals surface area contributed by atoms with Gasteiger partial charge in [-0.1, -0.05) is 0 Å². The number of aryl methyl sites for hydroxylation is 2. The minimum absolute atomic E-state index is 0.146. The predicted molar refractivity (Wildman–Crippen MR) is 107 cm³/mol. The van der Waals surface area contributed by atoms with Gasteiger partial charge in [0.15, 0.2) is 17.5 Å². The molecule has 11 heteroatoms. The Hall–Kier alpha value is -3.24. The van der Waals surface area contributed by atoms with Gasteiger partial charge in [-0.25, -0.2) is 22.0 Å². The van der Waals surface area contributed by atoms with Crippen molar-refractivity contribution >= 4 is 5.91 Å². The molecule has 0 saturated carbocycles. The largest absolute Gasteiger partial charge is 0.327 e. The van der Waals surface area contributed by atoms with Gasteiger partial charge in [0.25, 0.3) is 12.3 Å². The molecular formula is C22H20F5N5O. The Morgan fingerprint density at radius 1 is 1.09 bits per heavy atom. The third-order valence-electron chi connectivity index (χ3n) is 6.59. The van der Waals surface area contributed by atoms with Gasteiger partial charge in [0.05, 0.1) is 29.2 Å². The van der Waals surface area contributed by atoms with Crippen LogP contribution in [0.1, 0.15) is 59.0 Å². The molecule has 2 atom stereocenters. The maximum absolute atomic E-state index is 13.9. The van der Waals surface area contributed by atoms with E-state index in [-0.39, 0.29) is 17.2 Å². The monoisotopic (exact) mass is 465 g/mol. The first kappa shape index (κ1) is 21.6. The number of alkyl halides is 2. The SMILES string of the molecule is Cn1nc2c(c1-c1cc(F)c(F)c(F)c1)C[C@H]1CCC[C@@H]2N1C(=O)c1cnn(C)c1C(F)F. The number of fused-ring (bicyclic) bond motifs is 4. The summed E-state index contributed by atoms with van der Waals surface area (Å²) in [4.78, 5) is 15.0. The highest BCUT2D eigenvalue weighted by molar-refractivity contribution is 5.96. The van der Waals surface area contributed by atoms with E-state index in [9.17, 15) is 26.7 Å². The second-order valence-corrected chi connectivity index (χ2v) is 8.47. The highest BCUT2D eigenvalue weighted by atomic mass is 19.3. The molecule has 1 aromatic carbocycles. The zero-order valence-corrected chi connectivity index (χ0v) is 17.8. The van der Waals surface area contributed by atoms with Crippen molar-refractivity contribution in [2.75, 3.05) is 0 Å². The number of hydrogen-bond acceptors (Lipinski definition) is 3. The van der Waals surface area contributed by atoms with E-state index in [1.165, 1.54) is 11.7 Å². The Morgan fingerprint density at radius 3 is 2.45 bits per heavy atom. The minimum atomic E-state index is -2.86. The molecule has 4 heterocycles. The molecule has 174 valence electrons. The summed E-state index contributed by atoms with van der Waals surface area (Å²) in [5.74, 6) is -4.69. The molecule has 3 aromatic rings. The molecule has 1 amide bonds. The van der Waals surface area contributed by atoms with Crippen molar-refractivity contribution in [1.82, 2.24) is 24.5 Å². The van der Waals surface area contributed by atoms with Gasteiger partial charge in [0.1, 0.15) is 5.69 Å². The molecule has 0 N–H and O–H groups in total. The Balaban J connectivity index is 1.59. The minimum Gasteiger partial charge on any atom is -0.327 e. The van der Waals surface area contributed by atoms with Gasteiger partial charge in [0, 0.05) is 31.3 Å². The predicted octanol–water partition coefficient (Wildman–Crippen LogP) is 4.47. The average molecular weight is 465 g/mol. The normalized spacial score (nSPS) is 19.8. The van der Waals surface area contributed by atoms with Crippen LogP contribution in [-0.2, 0) is 20.5 Å². The van der Waals surface area contributed by atoms with Crippen LogP contribution in [0, 0.1) is 17.5 Å². The molecule has 0 radical (unpaired) electrons. The third-order valence-corrected chi connectivity index (χ3v) is 6.59. The molecule has 5 rings (SSSR count). The van der Waals surface area contributed by atoms with E-state index in [0.29, 0.717) is 30.7 Å². The van der Waals surface area contributed by atoms with Crippen LogP contribution in [0.3, 0.4) is 0 Å². The van der Waals surface area contributed by atoms with Gasteiger partial charge < -0.3 is 4.90 Å². The van der Waals surface area contributed by atoms with Gasteiger partial charge in [-0.2, -0.15) is 10.2 Å². The second-order valence-electron chi connectivity index (χ2n) is 8.47. The number of amides is 1. The Labute approximate surface area is 185 Å². The summed E-state index contributed by atoms with van der Waals surface area (Å²) in [5.41, 5.74) is 1.29. The number of hydrogen-bond donors (Lipinski definition) is 0. The number of carbonyl (C=O) groups is 1. The van der Waals surface area contributed by atoms with Crippen molar-refractivity contribution in [3.8, 4) is 11.3 Å². The maximum atomic E-state index is 13.9. The van der Waals surface area contributed by atoms with Gasteiger partial charge in [0.2, 0.25) is 0 Å². The van der Waals surface area contributed by atoms with Crippen molar-refractivity contribution in [3.63, 3.8) is 0 Å². The zero-order chi connectivity index (χ0) is 23.6. The second kappa shape index (κ2) is 7.67. The standard InChI is InChI=1S/C22H20F5N5O/c1-30-20(21(26)27)13(9-28-30)22(33)32-11-4-3-5-16(32)18-12(8-11)19(31(2)29-18)10-6-14(23)17(25)15(24)7-10/h6-7,9,11,16,21H,3-5,8H2,1-2H3/t11-,16+/m1/s1. The van der Waals surface area contributed by atoms with Crippen LogP contribution in [0.4, 0.5) is 22.0 Å². The molecule has 2 aliphatic rings. The Bertz CT molecular complexity index is 1240. The molecule has 0 spiro atoms. The fourth-order valence-electron chi connectivity index (χ4n) is 5.21. The lowest BCUT2D eigenvalue weighted by Gasteiger charge is -2.45. The molecule has 1 fully saturated rings. The van der Waals surface area contributed by atoms with Crippen LogP contribution in [0.5, 0.6) is 0 Å². The van der Waals surface area contributed by atoms with E-state index < -0.39 is 41.5 Å². The lowest BCUT2D eigenvalue weighted by Crippen LogP contribution is -2.50. The summed E-state index contributed by atoms with van der Waals surface area (Å²) >= 11 is 0. The summed E-state index contributed by atoms with van der Waals surface area (Å²) in [6, 6.07) is 1.08. The molecule has 6 nitrogen and oxygen atoms in total. The van der Waals surface area contributed by atoms with Gasteiger partial charge >= 0.3 is 0 Å². The van der Waals surface area contributed by atoms with Crippen LogP contribution in [-0.4, -0.2) is 36.4 Å². The Morgan fingerprint density at radius 2 is 1.79 bits per heavy atom. The number of nitrogens with zero attached hydrogens (tertiary/aromatic N) is 5. The van der Waals surface area contributed by atoms with E-state index in [0.717, 1.165) is 35.0 Å². The van der Waals surface area contributed by atoms with Crippen molar-refractivity contribution in [2.45, 2.75) is 44.2 Å². The van der Waals surface area contributed by atoms with Crippen LogP contribution in [0.15, 0.2) is 18.3 Å². The van der Waals surface area contributed by atoms with Crippen LogP contribution >= 0.6 is 0 Å². The number of carbonyl (C=O) groups excluding carboxylic acids is 1. The van der Waals surface area contributed by atoms with Gasteiger partial charge in [-0.3, -0.25) is 14.2 Å². The smallest absolute Gasteiger partial charge is 0.280 e. The quantitative estimate of drug-likeness (QED) is 0.424. The van der Waals surface area contributed by atoms with Crippen LogP contribution in [0.2, 0.25) is 0 Å². The molecular weight excluding hydrogens is 445 g/mol. The van der Waals surface area contributed by atoms with E-state index in [4.69, 9.17) is 0 Å². The van der Waals surface area contributed by atoms with E-state index >= 15 is 0 Å². The number of piperidine rings is 1. The maximum Gasteiger partial charge on any atom is 0.280 e. The molecule has 0 unspecified atom stereocenters. The summed E-state index contributed by atoms with van der Waals surface area (Å²) in [7, 11) is 2.97. The molecule has 2 aliphatic heterocycles.